The van der Waals surface area contributed by atoms with E-state index in [9.17, 15) is 14.4 Å². The first kappa shape index (κ1) is 17.9. The van der Waals surface area contributed by atoms with Gasteiger partial charge in [-0.25, -0.2) is 10.2 Å². The molecule has 2 amide bonds. The molecule has 28 heavy (non-hydrogen) atoms. The van der Waals surface area contributed by atoms with Gasteiger partial charge in [-0.1, -0.05) is 60.7 Å². The number of hydrogen-bond acceptors (Lipinski definition) is 6. The van der Waals surface area contributed by atoms with Crippen LogP contribution in [0, 0.1) is 0 Å². The Labute approximate surface area is 161 Å². The highest BCUT2D eigenvalue weighted by molar-refractivity contribution is 6.10. The van der Waals surface area contributed by atoms with E-state index in [1.165, 1.54) is 11.0 Å². The first-order valence-electron chi connectivity index (χ1n) is 8.93. The van der Waals surface area contributed by atoms with Crippen LogP contribution in [0.1, 0.15) is 17.5 Å². The Morgan fingerprint density at radius 3 is 2.32 bits per heavy atom. The lowest BCUT2D eigenvalue weighted by Gasteiger charge is -2.19. The van der Waals surface area contributed by atoms with E-state index < -0.39 is 11.5 Å². The predicted octanol–water partition coefficient (Wildman–Crippen LogP) is 1.42. The quantitative estimate of drug-likeness (QED) is 0.605. The second kappa shape index (κ2) is 7.28. The summed E-state index contributed by atoms with van der Waals surface area (Å²) in [7, 11) is 0. The van der Waals surface area contributed by atoms with Crippen LogP contribution in [0.3, 0.4) is 0 Å². The highest BCUT2D eigenvalue weighted by Gasteiger charge is 2.53. The number of carbonyl (C=O) groups is 3. The molecule has 7 heteroatoms. The molecule has 142 valence electrons. The van der Waals surface area contributed by atoms with Crippen LogP contribution in [0.25, 0.3) is 0 Å². The number of nitrogens with zero attached hydrogens (tertiary/aromatic N) is 1. The summed E-state index contributed by atoms with van der Waals surface area (Å²) in [4.78, 5) is 38.9. The second-order valence-corrected chi connectivity index (χ2v) is 6.79. The standard InChI is InChI=1S/C21H19N3O4/c25-18-12-21(20(27)24(18)13-15-7-3-1-4-8-15)11-17(22-23-21)19(26)28-14-16-9-5-2-6-10-16/h1-11,22-23H,12-14H2/t21-/m0/s1. The average Bonchev–Trinajstić information content (AvgIpc) is 3.25. The van der Waals surface area contributed by atoms with Crippen molar-refractivity contribution in [2.75, 3.05) is 0 Å². The molecular weight excluding hydrogens is 358 g/mol. The molecule has 0 bridgehead atoms. The van der Waals surface area contributed by atoms with E-state index in [1.807, 2.05) is 60.7 Å². The minimum absolute atomic E-state index is 0.0544. The number of benzene rings is 2. The van der Waals surface area contributed by atoms with E-state index in [-0.39, 0.29) is 37.1 Å². The van der Waals surface area contributed by atoms with Gasteiger partial charge in [0.1, 0.15) is 17.8 Å². The number of hydrogen-bond donors (Lipinski definition) is 2. The third-order valence-electron chi connectivity index (χ3n) is 4.79. The lowest BCUT2D eigenvalue weighted by atomic mass is 9.98. The Kier molecular flexibility index (Phi) is 4.67. The van der Waals surface area contributed by atoms with Crippen molar-refractivity contribution in [2.45, 2.75) is 25.1 Å². The van der Waals surface area contributed by atoms with E-state index in [2.05, 4.69) is 10.9 Å². The van der Waals surface area contributed by atoms with Crippen LogP contribution >= 0.6 is 0 Å². The highest BCUT2D eigenvalue weighted by Crippen LogP contribution is 2.30. The summed E-state index contributed by atoms with van der Waals surface area (Å²) in [6, 6.07) is 18.6. The molecule has 2 aromatic rings. The van der Waals surface area contributed by atoms with Crippen molar-refractivity contribution in [1.29, 1.82) is 0 Å². The summed E-state index contributed by atoms with van der Waals surface area (Å²) in [6.45, 7) is 0.322. The van der Waals surface area contributed by atoms with Crippen molar-refractivity contribution in [2.24, 2.45) is 0 Å². The van der Waals surface area contributed by atoms with E-state index >= 15 is 0 Å². The van der Waals surface area contributed by atoms with Crippen LogP contribution in [0.4, 0.5) is 0 Å². The summed E-state index contributed by atoms with van der Waals surface area (Å²) < 4.78 is 5.28. The van der Waals surface area contributed by atoms with Crippen LogP contribution in [0.2, 0.25) is 0 Å². The average molecular weight is 377 g/mol. The number of esters is 1. The molecule has 2 N–H and O–H groups in total. The van der Waals surface area contributed by atoms with E-state index in [0.717, 1.165) is 11.1 Å². The van der Waals surface area contributed by atoms with Crippen molar-refractivity contribution in [1.82, 2.24) is 15.8 Å². The molecule has 0 saturated carbocycles. The SMILES string of the molecule is O=C(OCc1ccccc1)C1=C[C@@]2(CC(=O)N(Cc3ccccc3)C2=O)NN1. The monoisotopic (exact) mass is 377 g/mol. The molecule has 1 saturated heterocycles. The molecular formula is C21H19N3O4. The molecule has 2 aromatic carbocycles. The first-order valence-corrected chi connectivity index (χ1v) is 8.93. The van der Waals surface area contributed by atoms with Gasteiger partial charge in [-0.15, -0.1) is 0 Å². The normalized spacial score (nSPS) is 21.0. The molecule has 7 nitrogen and oxygen atoms in total. The Morgan fingerprint density at radius 1 is 1.00 bits per heavy atom. The number of rotatable bonds is 5. The van der Waals surface area contributed by atoms with Crippen LogP contribution in [0.15, 0.2) is 72.4 Å². The van der Waals surface area contributed by atoms with Crippen molar-refractivity contribution in [3.63, 3.8) is 0 Å². The molecule has 1 fully saturated rings. The van der Waals surface area contributed by atoms with Crippen molar-refractivity contribution >= 4 is 17.8 Å². The number of imide groups is 1. The molecule has 2 aliphatic rings. The second-order valence-electron chi connectivity index (χ2n) is 6.79. The van der Waals surface area contributed by atoms with Gasteiger partial charge < -0.3 is 10.2 Å². The number of carbonyl (C=O) groups excluding carboxylic acids is 3. The largest absolute Gasteiger partial charge is 0.456 e. The van der Waals surface area contributed by atoms with Crippen LogP contribution in [-0.2, 0) is 32.3 Å². The van der Waals surface area contributed by atoms with Gasteiger partial charge in [-0.05, 0) is 17.2 Å². The Hall–Kier alpha value is -3.45. The van der Waals surface area contributed by atoms with Crippen molar-refractivity contribution in [3.8, 4) is 0 Å². The smallest absolute Gasteiger partial charge is 0.355 e. The Morgan fingerprint density at radius 2 is 1.64 bits per heavy atom. The molecule has 4 rings (SSSR count). The molecule has 1 spiro atoms. The van der Waals surface area contributed by atoms with E-state index in [4.69, 9.17) is 4.74 Å². The zero-order chi connectivity index (χ0) is 19.6. The maximum atomic E-state index is 12.9. The zero-order valence-corrected chi connectivity index (χ0v) is 15.1. The zero-order valence-electron chi connectivity index (χ0n) is 15.1. The minimum Gasteiger partial charge on any atom is -0.456 e. The molecule has 2 aliphatic heterocycles. The van der Waals surface area contributed by atoms with Gasteiger partial charge in [-0.3, -0.25) is 14.5 Å². The number of hydrazine groups is 1. The Balaban J connectivity index is 1.45. The number of ether oxygens (including phenoxy) is 1. The van der Waals surface area contributed by atoms with Gasteiger partial charge in [-0.2, -0.15) is 0 Å². The van der Waals surface area contributed by atoms with Gasteiger partial charge in [0, 0.05) is 0 Å². The van der Waals surface area contributed by atoms with Crippen LogP contribution in [0.5, 0.6) is 0 Å². The fourth-order valence-electron chi connectivity index (χ4n) is 3.31. The first-order chi connectivity index (χ1) is 13.6. The molecule has 0 unspecified atom stereocenters. The number of nitrogens with one attached hydrogen (secondary N) is 2. The Bertz CT molecular complexity index is 943. The summed E-state index contributed by atoms with van der Waals surface area (Å²) in [5.41, 5.74) is 6.09. The van der Waals surface area contributed by atoms with Gasteiger partial charge in [0.2, 0.25) is 5.91 Å². The van der Waals surface area contributed by atoms with E-state index in [0.29, 0.717) is 0 Å². The molecule has 1 atom stereocenters. The molecule has 2 heterocycles. The van der Waals surface area contributed by atoms with Gasteiger partial charge >= 0.3 is 5.97 Å². The minimum atomic E-state index is -1.26. The summed E-state index contributed by atoms with van der Waals surface area (Å²) in [6.07, 6.45) is 1.40. The molecule has 0 aliphatic carbocycles. The fraction of sp³-hybridized carbons (Fsp3) is 0.190. The van der Waals surface area contributed by atoms with Crippen LogP contribution < -0.4 is 10.9 Å². The predicted molar refractivity (Wildman–Crippen MR) is 99.9 cm³/mol. The van der Waals surface area contributed by atoms with E-state index in [1.54, 1.807) is 0 Å². The van der Waals surface area contributed by atoms with Gasteiger partial charge in [0.05, 0.1) is 13.0 Å². The lowest BCUT2D eigenvalue weighted by Crippen LogP contribution is -2.50. The van der Waals surface area contributed by atoms with Gasteiger partial charge in [0.25, 0.3) is 5.91 Å². The lowest BCUT2D eigenvalue weighted by molar-refractivity contribution is -0.141. The fourth-order valence-corrected chi connectivity index (χ4v) is 3.31. The van der Waals surface area contributed by atoms with Crippen molar-refractivity contribution < 1.29 is 19.1 Å². The molecule has 0 aromatic heterocycles. The highest BCUT2D eigenvalue weighted by atomic mass is 16.5. The number of likely N-dealkylation sites (tertiary alicyclic amines) is 1. The number of amides is 2. The topological polar surface area (TPSA) is 87.7 Å². The van der Waals surface area contributed by atoms with Gasteiger partial charge in [0.15, 0.2) is 0 Å². The summed E-state index contributed by atoms with van der Waals surface area (Å²) >= 11 is 0. The molecule has 0 radical (unpaired) electrons. The maximum absolute atomic E-state index is 12.9. The maximum Gasteiger partial charge on any atom is 0.355 e. The summed E-state index contributed by atoms with van der Waals surface area (Å²) in [5, 5.41) is 0. The third-order valence-corrected chi connectivity index (χ3v) is 4.79. The van der Waals surface area contributed by atoms with Crippen molar-refractivity contribution in [3.05, 3.63) is 83.6 Å². The van der Waals surface area contributed by atoms with Crippen LogP contribution in [-0.4, -0.2) is 28.2 Å². The third kappa shape index (κ3) is 3.39. The summed E-state index contributed by atoms with van der Waals surface area (Å²) in [5.74, 6) is -1.27.